The van der Waals surface area contributed by atoms with Gasteiger partial charge in [-0.25, -0.2) is 4.79 Å². The van der Waals surface area contributed by atoms with E-state index in [1.807, 2.05) is 13.0 Å². The molecule has 24 heavy (non-hydrogen) atoms. The second-order valence-electron chi connectivity index (χ2n) is 4.92. The summed E-state index contributed by atoms with van der Waals surface area (Å²) in [6, 6.07) is 10.3. The lowest BCUT2D eigenvalue weighted by Crippen LogP contribution is -2.14. The molecule has 0 unspecified atom stereocenters. The highest BCUT2D eigenvalue weighted by Gasteiger charge is 2.14. The molecule has 1 N–H and O–H groups in total. The molecule has 0 aliphatic heterocycles. The molecule has 0 bridgehead atoms. The first-order valence-corrected chi connectivity index (χ1v) is 9.82. The van der Waals surface area contributed by atoms with Gasteiger partial charge in [0.25, 0.3) is 5.91 Å². The van der Waals surface area contributed by atoms with Crippen molar-refractivity contribution in [3.63, 3.8) is 0 Å². The van der Waals surface area contributed by atoms with Crippen LogP contribution in [0.25, 0.3) is 0 Å². The number of halogens is 3. The molecule has 0 aliphatic carbocycles. The summed E-state index contributed by atoms with van der Waals surface area (Å²) in [5.74, 6) is -0.581. The van der Waals surface area contributed by atoms with E-state index in [1.54, 1.807) is 30.3 Å². The van der Waals surface area contributed by atoms with E-state index in [1.165, 1.54) is 0 Å². The quantitative estimate of drug-likeness (QED) is 0.290. The summed E-state index contributed by atoms with van der Waals surface area (Å²) >= 11 is 8.93. The summed E-state index contributed by atoms with van der Waals surface area (Å²) in [6.07, 6.45) is 0.778. The Morgan fingerprint density at radius 3 is 2.46 bits per heavy atom. The van der Waals surface area contributed by atoms with Gasteiger partial charge in [0, 0.05) is 18.2 Å². The van der Waals surface area contributed by atoms with Crippen molar-refractivity contribution < 1.29 is 14.3 Å². The summed E-state index contributed by atoms with van der Waals surface area (Å²) in [5, 5.41) is 2.83. The lowest BCUT2D eigenvalue weighted by molar-refractivity contribution is 0.0505. The zero-order chi connectivity index (χ0) is 17.7. The molecule has 0 heterocycles. The van der Waals surface area contributed by atoms with Gasteiger partial charge < -0.3 is 10.1 Å². The van der Waals surface area contributed by atoms with Gasteiger partial charge in [0.2, 0.25) is 0 Å². The van der Waals surface area contributed by atoms with Crippen molar-refractivity contribution in [1.29, 1.82) is 0 Å². The molecule has 0 aromatic heterocycles. The van der Waals surface area contributed by atoms with Crippen molar-refractivity contribution in [2.75, 3.05) is 11.9 Å². The molecule has 126 valence electrons. The van der Waals surface area contributed by atoms with Gasteiger partial charge in [-0.05, 0) is 81.3 Å². The average Bonchev–Trinajstić information content (AvgIpc) is 2.56. The maximum Gasteiger partial charge on any atom is 0.338 e. The predicted molar refractivity (Wildman–Crippen MR) is 110 cm³/mol. The number of anilines is 1. The average molecular weight is 567 g/mol. The molecule has 2 aromatic carbocycles. The van der Waals surface area contributed by atoms with Gasteiger partial charge >= 0.3 is 5.97 Å². The Morgan fingerprint density at radius 1 is 1.17 bits per heavy atom. The minimum atomic E-state index is -0.361. The third-order valence-electron chi connectivity index (χ3n) is 3.05. The molecule has 0 atom stereocenters. The van der Waals surface area contributed by atoms with Gasteiger partial charge in [-0.3, -0.25) is 4.79 Å². The minimum Gasteiger partial charge on any atom is -0.462 e. The molecular weight excluding hydrogens is 553 g/mol. The Labute approximate surface area is 170 Å². The summed E-state index contributed by atoms with van der Waals surface area (Å²) in [5.41, 5.74) is 1.63. The monoisotopic (exact) mass is 565 g/mol. The highest BCUT2D eigenvalue weighted by molar-refractivity contribution is 14.1. The number of hydrogen-bond donors (Lipinski definition) is 1. The van der Waals surface area contributed by atoms with Crippen LogP contribution in [0.15, 0.2) is 45.3 Å². The van der Waals surface area contributed by atoms with E-state index in [2.05, 4.69) is 59.8 Å². The third kappa shape index (κ3) is 5.03. The van der Waals surface area contributed by atoms with E-state index in [4.69, 9.17) is 4.74 Å². The van der Waals surface area contributed by atoms with E-state index in [-0.39, 0.29) is 11.9 Å². The summed E-state index contributed by atoms with van der Waals surface area (Å²) < 4.78 is 7.56. The van der Waals surface area contributed by atoms with Crippen LogP contribution in [0.5, 0.6) is 0 Å². The third-order valence-corrected chi connectivity index (χ3v) is 6.04. The lowest BCUT2D eigenvalue weighted by atomic mass is 10.2. The van der Waals surface area contributed by atoms with Gasteiger partial charge in [-0.15, -0.1) is 0 Å². The second-order valence-corrected chi connectivity index (χ2v) is 7.77. The fourth-order valence-corrected chi connectivity index (χ4v) is 3.67. The van der Waals surface area contributed by atoms with E-state index in [0.29, 0.717) is 23.4 Å². The van der Waals surface area contributed by atoms with Crippen molar-refractivity contribution >= 4 is 72.0 Å². The number of amides is 1. The zero-order valence-corrected chi connectivity index (χ0v) is 18.1. The fourth-order valence-electron chi connectivity index (χ4n) is 1.89. The normalized spacial score (nSPS) is 10.3. The van der Waals surface area contributed by atoms with Crippen molar-refractivity contribution in [1.82, 2.24) is 0 Å². The molecule has 0 radical (unpaired) electrons. The number of benzene rings is 2. The molecule has 0 saturated carbocycles. The van der Waals surface area contributed by atoms with Crippen LogP contribution in [-0.2, 0) is 4.74 Å². The number of carbonyl (C=O) groups excluding carboxylic acids is 2. The SMILES string of the molecule is CCCOC(=O)c1ccc(NC(=O)c2cc(Br)cc(Br)c2I)cc1. The lowest BCUT2D eigenvalue weighted by Gasteiger charge is -2.09. The maximum absolute atomic E-state index is 12.5. The molecule has 2 aromatic rings. The molecular formula is C17H14Br2INO3. The van der Waals surface area contributed by atoms with E-state index >= 15 is 0 Å². The van der Waals surface area contributed by atoms with E-state index in [9.17, 15) is 9.59 Å². The van der Waals surface area contributed by atoms with Crippen LogP contribution in [0.4, 0.5) is 5.69 Å². The number of nitrogens with one attached hydrogen (secondary N) is 1. The van der Waals surface area contributed by atoms with Crippen LogP contribution in [0.2, 0.25) is 0 Å². The van der Waals surface area contributed by atoms with Crippen LogP contribution in [0.1, 0.15) is 34.1 Å². The molecule has 7 heteroatoms. The van der Waals surface area contributed by atoms with Gasteiger partial charge in [0.05, 0.1) is 17.7 Å². The topological polar surface area (TPSA) is 55.4 Å². The van der Waals surface area contributed by atoms with Gasteiger partial charge in [0.15, 0.2) is 0 Å². The Hall–Kier alpha value is -0.930. The number of hydrogen-bond acceptors (Lipinski definition) is 3. The van der Waals surface area contributed by atoms with E-state index in [0.717, 1.165) is 18.9 Å². The van der Waals surface area contributed by atoms with Crippen LogP contribution < -0.4 is 5.32 Å². The Morgan fingerprint density at radius 2 is 1.83 bits per heavy atom. The Bertz CT molecular complexity index is 763. The van der Waals surface area contributed by atoms with Crippen LogP contribution in [0, 0.1) is 3.57 Å². The number of esters is 1. The van der Waals surface area contributed by atoms with Gasteiger partial charge in [0.1, 0.15) is 0 Å². The fraction of sp³-hybridized carbons (Fsp3) is 0.176. The first-order chi connectivity index (χ1) is 11.4. The summed E-state index contributed by atoms with van der Waals surface area (Å²) in [6.45, 7) is 2.33. The standard InChI is InChI=1S/C17H14Br2INO3/c1-2-7-24-17(23)10-3-5-12(6-4-10)21-16(22)13-8-11(18)9-14(19)15(13)20/h3-6,8-9H,2,7H2,1H3,(H,21,22). The molecule has 0 saturated heterocycles. The Balaban J connectivity index is 2.11. The number of rotatable bonds is 5. The molecule has 0 spiro atoms. The molecule has 1 amide bonds. The minimum absolute atomic E-state index is 0.220. The van der Waals surface area contributed by atoms with Gasteiger partial charge in [-0.1, -0.05) is 22.9 Å². The molecule has 2 rings (SSSR count). The van der Waals surface area contributed by atoms with Gasteiger partial charge in [-0.2, -0.15) is 0 Å². The predicted octanol–water partition coefficient (Wildman–Crippen LogP) is 5.64. The van der Waals surface area contributed by atoms with Crippen LogP contribution in [0.3, 0.4) is 0 Å². The smallest absolute Gasteiger partial charge is 0.338 e. The van der Waals surface area contributed by atoms with E-state index < -0.39 is 0 Å². The first kappa shape index (κ1) is 19.4. The number of ether oxygens (including phenoxy) is 1. The van der Waals surface area contributed by atoms with Crippen molar-refractivity contribution in [2.24, 2.45) is 0 Å². The van der Waals surface area contributed by atoms with Crippen molar-refractivity contribution in [3.8, 4) is 0 Å². The maximum atomic E-state index is 12.5. The molecule has 0 fully saturated rings. The highest BCUT2D eigenvalue weighted by atomic mass is 127. The summed E-state index contributed by atoms with van der Waals surface area (Å²) in [7, 11) is 0. The van der Waals surface area contributed by atoms with Crippen LogP contribution >= 0.6 is 54.5 Å². The van der Waals surface area contributed by atoms with Crippen molar-refractivity contribution in [3.05, 3.63) is 60.0 Å². The highest BCUT2D eigenvalue weighted by Crippen LogP contribution is 2.28. The summed E-state index contributed by atoms with van der Waals surface area (Å²) in [4.78, 5) is 24.2. The Kier molecular flexibility index (Phi) is 7.24. The zero-order valence-electron chi connectivity index (χ0n) is 12.7. The largest absolute Gasteiger partial charge is 0.462 e. The first-order valence-electron chi connectivity index (χ1n) is 7.15. The molecule has 4 nitrogen and oxygen atoms in total. The second kappa shape index (κ2) is 8.96. The van der Waals surface area contributed by atoms with Crippen molar-refractivity contribution in [2.45, 2.75) is 13.3 Å². The number of carbonyl (C=O) groups is 2. The molecule has 0 aliphatic rings. The van der Waals surface area contributed by atoms with Crippen LogP contribution in [-0.4, -0.2) is 18.5 Å².